The second-order valence-corrected chi connectivity index (χ2v) is 4.67. The van der Waals surface area contributed by atoms with Crippen LogP contribution in [0.3, 0.4) is 0 Å². The number of amides is 1. The molecule has 3 nitrogen and oxygen atoms in total. The van der Waals surface area contributed by atoms with Crippen LogP contribution in [0.2, 0.25) is 0 Å². The van der Waals surface area contributed by atoms with E-state index in [4.69, 9.17) is 5.11 Å². The number of carbonyl (C=O) groups excluding carboxylic acids is 1. The first-order valence-corrected chi connectivity index (χ1v) is 6.24. The molecule has 0 aromatic heterocycles. The van der Waals surface area contributed by atoms with Crippen LogP contribution in [-0.4, -0.2) is 24.2 Å². The van der Waals surface area contributed by atoms with Crippen LogP contribution in [0.15, 0.2) is 24.3 Å². The zero-order valence-electron chi connectivity index (χ0n) is 10.2. The van der Waals surface area contributed by atoms with Crippen LogP contribution in [0.5, 0.6) is 0 Å². The van der Waals surface area contributed by atoms with Crippen molar-refractivity contribution in [2.45, 2.75) is 26.2 Å². The van der Waals surface area contributed by atoms with E-state index in [2.05, 4.69) is 19.1 Å². The van der Waals surface area contributed by atoms with Crippen LogP contribution < -0.4 is 4.90 Å². The molecule has 0 saturated carbocycles. The van der Waals surface area contributed by atoms with Gasteiger partial charge in [0, 0.05) is 31.2 Å². The zero-order chi connectivity index (χ0) is 12.3. The first-order chi connectivity index (χ1) is 8.24. The molecule has 3 heteroatoms. The van der Waals surface area contributed by atoms with Gasteiger partial charge in [0.2, 0.25) is 5.91 Å². The van der Waals surface area contributed by atoms with Crippen molar-refractivity contribution in [2.75, 3.05) is 18.1 Å². The highest BCUT2D eigenvalue weighted by Crippen LogP contribution is 2.25. The maximum atomic E-state index is 11.8. The standard InChI is InChI=1S/C14H19NO2/c1-2-3-11-4-6-13(7-5-11)15-9-12(10-16)8-14(15)17/h4-7,12,16H,2-3,8-10H2,1H3. The van der Waals surface area contributed by atoms with Gasteiger partial charge in [0.15, 0.2) is 0 Å². The second kappa shape index (κ2) is 5.32. The fourth-order valence-corrected chi connectivity index (χ4v) is 2.28. The highest BCUT2D eigenvalue weighted by atomic mass is 16.3. The maximum absolute atomic E-state index is 11.8. The molecule has 1 saturated heterocycles. The molecule has 1 heterocycles. The average Bonchev–Trinajstić information content (AvgIpc) is 2.72. The summed E-state index contributed by atoms with van der Waals surface area (Å²) >= 11 is 0. The van der Waals surface area contributed by atoms with Crippen LogP contribution in [0, 0.1) is 5.92 Å². The van der Waals surface area contributed by atoms with Crippen LogP contribution in [-0.2, 0) is 11.2 Å². The SMILES string of the molecule is CCCc1ccc(N2CC(CO)CC2=O)cc1. The van der Waals surface area contributed by atoms with E-state index in [0.29, 0.717) is 13.0 Å². The number of carbonyl (C=O) groups is 1. The summed E-state index contributed by atoms with van der Waals surface area (Å²) in [6.45, 7) is 2.89. The summed E-state index contributed by atoms with van der Waals surface area (Å²) in [6, 6.07) is 8.17. The first-order valence-electron chi connectivity index (χ1n) is 6.24. The number of aliphatic hydroxyl groups is 1. The van der Waals surface area contributed by atoms with Crippen molar-refractivity contribution in [1.82, 2.24) is 0 Å². The normalized spacial score (nSPS) is 20.0. The topological polar surface area (TPSA) is 40.5 Å². The van der Waals surface area contributed by atoms with E-state index < -0.39 is 0 Å². The average molecular weight is 233 g/mol. The highest BCUT2D eigenvalue weighted by molar-refractivity contribution is 5.95. The molecule has 1 N–H and O–H groups in total. The summed E-state index contributed by atoms with van der Waals surface area (Å²) in [4.78, 5) is 13.5. The molecule has 0 radical (unpaired) electrons. The third-order valence-corrected chi connectivity index (χ3v) is 3.25. The van der Waals surface area contributed by atoms with Gasteiger partial charge in [-0.2, -0.15) is 0 Å². The molecule has 92 valence electrons. The number of benzene rings is 1. The lowest BCUT2D eigenvalue weighted by Gasteiger charge is -2.16. The minimum absolute atomic E-state index is 0.0934. The fraction of sp³-hybridized carbons (Fsp3) is 0.500. The minimum Gasteiger partial charge on any atom is -0.396 e. The minimum atomic E-state index is 0.0934. The van der Waals surface area contributed by atoms with E-state index in [1.807, 2.05) is 12.1 Å². The Morgan fingerprint density at radius 2 is 2.06 bits per heavy atom. The second-order valence-electron chi connectivity index (χ2n) is 4.67. The Bertz CT molecular complexity index is 386. The summed E-state index contributed by atoms with van der Waals surface area (Å²) in [5.74, 6) is 0.213. The molecule has 17 heavy (non-hydrogen) atoms. The van der Waals surface area contributed by atoms with Crippen molar-refractivity contribution in [3.8, 4) is 0 Å². The molecule has 1 aliphatic rings. The van der Waals surface area contributed by atoms with E-state index in [0.717, 1.165) is 18.5 Å². The lowest BCUT2D eigenvalue weighted by Crippen LogP contribution is -2.24. The van der Waals surface area contributed by atoms with Crippen LogP contribution in [0.25, 0.3) is 0 Å². The van der Waals surface area contributed by atoms with Gasteiger partial charge in [0.1, 0.15) is 0 Å². The van der Waals surface area contributed by atoms with Crippen LogP contribution in [0.4, 0.5) is 5.69 Å². The van der Waals surface area contributed by atoms with Gasteiger partial charge < -0.3 is 10.0 Å². The Kier molecular flexibility index (Phi) is 3.79. The summed E-state index contributed by atoms with van der Waals surface area (Å²) in [5, 5.41) is 9.08. The Hall–Kier alpha value is -1.35. The first kappa shape index (κ1) is 12.1. The lowest BCUT2D eigenvalue weighted by atomic mass is 10.1. The number of aryl methyl sites for hydroxylation is 1. The van der Waals surface area contributed by atoms with E-state index in [-0.39, 0.29) is 18.4 Å². The predicted octanol–water partition coefficient (Wildman–Crippen LogP) is 1.98. The fourth-order valence-electron chi connectivity index (χ4n) is 2.28. The van der Waals surface area contributed by atoms with Gasteiger partial charge in [0.05, 0.1) is 0 Å². The lowest BCUT2D eigenvalue weighted by molar-refractivity contribution is -0.117. The van der Waals surface area contributed by atoms with Crippen molar-refractivity contribution in [3.05, 3.63) is 29.8 Å². The molecule has 0 spiro atoms. The molecule has 0 aliphatic carbocycles. The smallest absolute Gasteiger partial charge is 0.227 e. The van der Waals surface area contributed by atoms with Gasteiger partial charge in [0.25, 0.3) is 0 Å². The molecule has 1 atom stereocenters. The number of aliphatic hydroxyl groups excluding tert-OH is 1. The summed E-state index contributed by atoms with van der Waals surface area (Å²) in [5.41, 5.74) is 2.26. The Morgan fingerprint density at radius 3 is 2.59 bits per heavy atom. The van der Waals surface area contributed by atoms with Crippen LogP contribution >= 0.6 is 0 Å². The third-order valence-electron chi connectivity index (χ3n) is 3.25. The molecule has 1 unspecified atom stereocenters. The molecule has 2 rings (SSSR count). The monoisotopic (exact) mass is 233 g/mol. The van der Waals surface area contributed by atoms with E-state index in [9.17, 15) is 4.79 Å². The molecular weight excluding hydrogens is 214 g/mol. The summed E-state index contributed by atoms with van der Waals surface area (Å²) in [6.07, 6.45) is 2.68. The van der Waals surface area contributed by atoms with Gasteiger partial charge in [-0.15, -0.1) is 0 Å². The Balaban J connectivity index is 2.09. The van der Waals surface area contributed by atoms with Gasteiger partial charge in [-0.05, 0) is 24.1 Å². The van der Waals surface area contributed by atoms with Gasteiger partial charge in [-0.1, -0.05) is 25.5 Å². The molecule has 1 aliphatic heterocycles. The third kappa shape index (κ3) is 2.67. The van der Waals surface area contributed by atoms with Crippen molar-refractivity contribution < 1.29 is 9.90 Å². The van der Waals surface area contributed by atoms with Gasteiger partial charge in [-0.3, -0.25) is 4.79 Å². The highest BCUT2D eigenvalue weighted by Gasteiger charge is 2.29. The maximum Gasteiger partial charge on any atom is 0.227 e. The Labute approximate surface area is 102 Å². The molecule has 1 aromatic rings. The zero-order valence-corrected chi connectivity index (χ0v) is 10.2. The van der Waals surface area contributed by atoms with Crippen molar-refractivity contribution in [1.29, 1.82) is 0 Å². The van der Waals surface area contributed by atoms with E-state index in [1.54, 1.807) is 4.90 Å². The van der Waals surface area contributed by atoms with Gasteiger partial charge in [-0.25, -0.2) is 0 Å². The summed E-state index contributed by atoms with van der Waals surface area (Å²) < 4.78 is 0. The van der Waals surface area contributed by atoms with E-state index >= 15 is 0 Å². The van der Waals surface area contributed by atoms with Crippen molar-refractivity contribution >= 4 is 11.6 Å². The van der Waals surface area contributed by atoms with Crippen molar-refractivity contribution in [3.63, 3.8) is 0 Å². The predicted molar refractivity (Wildman–Crippen MR) is 68.0 cm³/mol. The number of hydrogen-bond donors (Lipinski definition) is 1. The van der Waals surface area contributed by atoms with E-state index in [1.165, 1.54) is 5.56 Å². The molecule has 1 amide bonds. The largest absolute Gasteiger partial charge is 0.396 e. The van der Waals surface area contributed by atoms with Crippen LogP contribution in [0.1, 0.15) is 25.3 Å². The number of hydrogen-bond acceptors (Lipinski definition) is 2. The number of anilines is 1. The van der Waals surface area contributed by atoms with Crippen molar-refractivity contribution in [2.24, 2.45) is 5.92 Å². The molecular formula is C14H19NO2. The Morgan fingerprint density at radius 1 is 1.35 bits per heavy atom. The molecule has 0 bridgehead atoms. The number of nitrogens with zero attached hydrogens (tertiary/aromatic N) is 1. The molecule has 1 fully saturated rings. The quantitative estimate of drug-likeness (QED) is 0.864. The number of rotatable bonds is 4. The molecule has 1 aromatic carbocycles. The van der Waals surface area contributed by atoms with Gasteiger partial charge >= 0.3 is 0 Å². The summed E-state index contributed by atoms with van der Waals surface area (Å²) in [7, 11) is 0.